The summed E-state index contributed by atoms with van der Waals surface area (Å²) >= 11 is 0. The minimum Gasteiger partial charge on any atom is -0.497 e. The van der Waals surface area contributed by atoms with E-state index in [1.54, 1.807) is 31.4 Å². The Hall–Kier alpha value is -1.93. The van der Waals surface area contributed by atoms with Gasteiger partial charge in [0.05, 0.1) is 12.0 Å². The van der Waals surface area contributed by atoms with Gasteiger partial charge in [-0.05, 0) is 43.3 Å². The van der Waals surface area contributed by atoms with E-state index in [4.69, 9.17) is 4.74 Å². The number of piperazine rings is 1. The van der Waals surface area contributed by atoms with Crippen molar-refractivity contribution in [2.45, 2.75) is 17.4 Å². The van der Waals surface area contributed by atoms with E-state index in [-0.39, 0.29) is 4.90 Å². The van der Waals surface area contributed by atoms with Crippen molar-refractivity contribution in [3.63, 3.8) is 0 Å². The fourth-order valence-corrected chi connectivity index (χ4v) is 4.62. The highest BCUT2D eigenvalue weighted by atomic mass is 32.2. The van der Waals surface area contributed by atoms with Crippen LogP contribution in [-0.2, 0) is 10.0 Å². The van der Waals surface area contributed by atoms with E-state index in [0.29, 0.717) is 18.3 Å². The molecular weight excluding hydrogens is 374 g/mol. The number of nitrogens with one attached hydrogen (secondary N) is 1. The van der Waals surface area contributed by atoms with Gasteiger partial charge in [-0.25, -0.2) is 13.1 Å². The lowest BCUT2D eigenvalue weighted by Gasteiger charge is -2.40. The number of nitrogens with zero attached hydrogens (tertiary/aromatic N) is 2. The standard InChI is InChI=1S/C21H29N3O3S/c1-23-15-16-24(21(17-23)18-7-4-3-5-8-18)14-6-13-22-28(25,26)20-11-9-19(27-2)10-12-20/h3-5,7-12,21-22H,6,13-17H2,1-2H3. The normalized spacial score (nSPS) is 18.9. The van der Waals surface area contributed by atoms with Gasteiger partial charge < -0.3 is 9.64 Å². The Morgan fingerprint density at radius 2 is 1.79 bits per heavy atom. The fraction of sp³-hybridized carbons (Fsp3) is 0.429. The van der Waals surface area contributed by atoms with Gasteiger partial charge in [0.1, 0.15) is 5.75 Å². The maximum absolute atomic E-state index is 12.4. The van der Waals surface area contributed by atoms with E-state index < -0.39 is 10.0 Å². The molecule has 0 aromatic heterocycles. The molecule has 1 heterocycles. The Morgan fingerprint density at radius 1 is 1.07 bits per heavy atom. The Kier molecular flexibility index (Phi) is 7.07. The summed E-state index contributed by atoms with van der Waals surface area (Å²) in [5.41, 5.74) is 1.31. The van der Waals surface area contributed by atoms with Crippen LogP contribution in [0.2, 0.25) is 0 Å². The first-order chi connectivity index (χ1) is 13.5. The molecule has 0 aliphatic carbocycles. The smallest absolute Gasteiger partial charge is 0.240 e. The number of sulfonamides is 1. The minimum atomic E-state index is -3.49. The molecular formula is C21H29N3O3S. The average molecular weight is 404 g/mol. The lowest BCUT2D eigenvalue weighted by Crippen LogP contribution is -2.47. The monoisotopic (exact) mass is 403 g/mol. The molecule has 1 fully saturated rings. The van der Waals surface area contributed by atoms with Crippen LogP contribution < -0.4 is 9.46 Å². The summed E-state index contributed by atoms with van der Waals surface area (Å²) in [4.78, 5) is 5.06. The number of ether oxygens (including phenoxy) is 1. The molecule has 7 heteroatoms. The summed E-state index contributed by atoms with van der Waals surface area (Å²) in [5.74, 6) is 0.640. The van der Waals surface area contributed by atoms with Gasteiger partial charge in [-0.2, -0.15) is 0 Å². The maximum Gasteiger partial charge on any atom is 0.240 e. The Labute approximate surface area is 168 Å². The van der Waals surface area contributed by atoms with E-state index in [1.807, 2.05) is 6.07 Å². The molecule has 1 saturated heterocycles. The summed E-state index contributed by atoms with van der Waals surface area (Å²) in [7, 11) is 0.212. The molecule has 1 aliphatic rings. The van der Waals surface area contributed by atoms with E-state index in [0.717, 1.165) is 32.6 Å². The molecule has 1 N–H and O–H groups in total. The van der Waals surface area contributed by atoms with Crippen LogP contribution in [0.15, 0.2) is 59.5 Å². The van der Waals surface area contributed by atoms with Crippen LogP contribution in [0.3, 0.4) is 0 Å². The molecule has 2 aromatic rings. The van der Waals surface area contributed by atoms with Crippen LogP contribution in [0.5, 0.6) is 5.75 Å². The molecule has 3 rings (SSSR count). The van der Waals surface area contributed by atoms with Crippen molar-refractivity contribution in [1.29, 1.82) is 0 Å². The molecule has 0 bridgehead atoms. The minimum absolute atomic E-state index is 0.259. The van der Waals surface area contributed by atoms with Gasteiger partial charge in [-0.3, -0.25) is 4.90 Å². The second-order valence-corrected chi connectivity index (χ2v) is 8.92. The van der Waals surface area contributed by atoms with Crippen molar-refractivity contribution in [1.82, 2.24) is 14.5 Å². The third kappa shape index (κ3) is 5.32. The predicted octanol–water partition coefficient (Wildman–Crippen LogP) is 2.35. The van der Waals surface area contributed by atoms with Gasteiger partial charge in [-0.1, -0.05) is 30.3 Å². The number of methoxy groups -OCH3 is 1. The molecule has 0 radical (unpaired) electrons. The number of hydrogen-bond donors (Lipinski definition) is 1. The van der Waals surface area contributed by atoms with Crippen molar-refractivity contribution in [3.05, 3.63) is 60.2 Å². The van der Waals surface area contributed by atoms with Gasteiger partial charge in [0.25, 0.3) is 0 Å². The largest absolute Gasteiger partial charge is 0.497 e. The van der Waals surface area contributed by atoms with Crippen LogP contribution >= 0.6 is 0 Å². The number of hydrogen-bond acceptors (Lipinski definition) is 5. The van der Waals surface area contributed by atoms with Crippen LogP contribution in [0.1, 0.15) is 18.0 Å². The lowest BCUT2D eigenvalue weighted by molar-refractivity contribution is 0.0892. The summed E-state index contributed by atoms with van der Waals surface area (Å²) in [6.45, 7) is 4.28. The van der Waals surface area contributed by atoms with Crippen LogP contribution in [0.4, 0.5) is 0 Å². The molecule has 0 amide bonds. The van der Waals surface area contributed by atoms with Gasteiger partial charge in [0.15, 0.2) is 0 Å². The molecule has 2 aromatic carbocycles. The summed E-state index contributed by atoms with van der Waals surface area (Å²) < 4.78 is 32.7. The zero-order valence-electron chi connectivity index (χ0n) is 16.5. The Bertz CT molecular complexity index is 841. The summed E-state index contributed by atoms with van der Waals surface area (Å²) in [6, 6.07) is 17.3. The molecule has 152 valence electrons. The van der Waals surface area contributed by atoms with E-state index in [9.17, 15) is 8.42 Å². The quantitative estimate of drug-likeness (QED) is 0.686. The lowest BCUT2D eigenvalue weighted by atomic mass is 10.0. The highest BCUT2D eigenvalue weighted by molar-refractivity contribution is 7.89. The van der Waals surface area contributed by atoms with Crippen molar-refractivity contribution in [3.8, 4) is 5.75 Å². The van der Waals surface area contributed by atoms with Crippen LogP contribution in [0, 0.1) is 0 Å². The molecule has 1 aliphatic heterocycles. The number of likely N-dealkylation sites (N-methyl/N-ethyl adjacent to an activating group) is 1. The number of rotatable bonds is 8. The third-order valence-corrected chi connectivity index (χ3v) is 6.64. The highest BCUT2D eigenvalue weighted by Crippen LogP contribution is 2.24. The van der Waals surface area contributed by atoms with Crippen molar-refractivity contribution in [2.24, 2.45) is 0 Å². The zero-order valence-corrected chi connectivity index (χ0v) is 17.4. The third-order valence-electron chi connectivity index (χ3n) is 5.16. The maximum atomic E-state index is 12.4. The second-order valence-electron chi connectivity index (χ2n) is 7.15. The first-order valence-corrected chi connectivity index (χ1v) is 11.1. The van der Waals surface area contributed by atoms with E-state index in [1.165, 1.54) is 5.56 Å². The van der Waals surface area contributed by atoms with Crippen molar-refractivity contribution in [2.75, 3.05) is 46.9 Å². The van der Waals surface area contributed by atoms with Crippen molar-refractivity contribution >= 4 is 10.0 Å². The SMILES string of the molecule is COc1ccc(S(=O)(=O)NCCCN2CCN(C)CC2c2ccccc2)cc1. The molecule has 28 heavy (non-hydrogen) atoms. The first-order valence-electron chi connectivity index (χ1n) is 9.61. The van der Waals surface area contributed by atoms with Crippen LogP contribution in [-0.4, -0.2) is 65.1 Å². The predicted molar refractivity (Wildman–Crippen MR) is 111 cm³/mol. The van der Waals surface area contributed by atoms with Crippen LogP contribution in [0.25, 0.3) is 0 Å². The summed E-state index contributed by atoms with van der Waals surface area (Å²) in [6.07, 6.45) is 0.766. The van der Waals surface area contributed by atoms with E-state index >= 15 is 0 Å². The Morgan fingerprint density at radius 3 is 2.46 bits per heavy atom. The molecule has 1 unspecified atom stereocenters. The second kappa shape index (κ2) is 9.52. The number of benzene rings is 2. The fourth-order valence-electron chi connectivity index (χ4n) is 3.54. The van der Waals surface area contributed by atoms with Gasteiger partial charge in [0.2, 0.25) is 10.0 Å². The molecule has 0 saturated carbocycles. The topological polar surface area (TPSA) is 61.9 Å². The van der Waals surface area contributed by atoms with Gasteiger partial charge >= 0.3 is 0 Å². The summed E-state index contributed by atoms with van der Waals surface area (Å²) in [5, 5.41) is 0. The first kappa shape index (κ1) is 20.8. The van der Waals surface area contributed by atoms with Crippen molar-refractivity contribution < 1.29 is 13.2 Å². The average Bonchev–Trinajstić information content (AvgIpc) is 2.72. The highest BCUT2D eigenvalue weighted by Gasteiger charge is 2.26. The van der Waals surface area contributed by atoms with E-state index in [2.05, 4.69) is 45.8 Å². The molecule has 1 atom stereocenters. The molecule has 6 nitrogen and oxygen atoms in total. The zero-order chi connectivity index (χ0) is 20.0. The molecule has 0 spiro atoms. The van der Waals surface area contributed by atoms with Gasteiger partial charge in [-0.15, -0.1) is 0 Å². The Balaban J connectivity index is 1.54. The van der Waals surface area contributed by atoms with Gasteiger partial charge in [0, 0.05) is 38.8 Å².